The number of hydrogen-bond donors (Lipinski definition) is 2. The molecule has 0 bridgehead atoms. The highest BCUT2D eigenvalue weighted by molar-refractivity contribution is 5.81. The molecule has 0 unspecified atom stereocenters. The molecule has 7 heteroatoms. The zero-order valence-electron chi connectivity index (χ0n) is 20.2. The normalized spacial score (nSPS) is 18.9. The van der Waals surface area contributed by atoms with Gasteiger partial charge in [0.25, 0.3) is 0 Å². The Balaban J connectivity index is 1.40. The fourth-order valence-electron chi connectivity index (χ4n) is 5.46. The molecule has 0 heterocycles. The molecule has 7 nitrogen and oxygen atoms in total. The van der Waals surface area contributed by atoms with Crippen LogP contribution in [0.1, 0.15) is 62.5 Å². The maximum absolute atomic E-state index is 13.3. The number of rotatable bonds is 9. The van der Waals surface area contributed by atoms with Crippen LogP contribution in [0.3, 0.4) is 0 Å². The lowest BCUT2D eigenvalue weighted by atomic mass is 9.83. The van der Waals surface area contributed by atoms with Crippen LogP contribution in [0.15, 0.2) is 48.5 Å². The van der Waals surface area contributed by atoms with E-state index in [1.165, 1.54) is 11.1 Å². The number of nitrogens with zero attached hydrogens (tertiary/aromatic N) is 1. The number of carbonyl (C=O) groups is 3. The fourth-order valence-corrected chi connectivity index (χ4v) is 5.46. The Morgan fingerprint density at radius 2 is 1.60 bits per heavy atom. The molecule has 2 N–H and O–H groups in total. The fraction of sp³-hybridized carbons (Fsp3) is 0.464. The minimum Gasteiger partial charge on any atom is -0.481 e. The third-order valence-corrected chi connectivity index (χ3v) is 7.13. The number of nitrogens with one attached hydrogen (secondary N) is 1. The predicted octanol–water partition coefficient (Wildman–Crippen LogP) is 4.80. The predicted molar refractivity (Wildman–Crippen MR) is 133 cm³/mol. The summed E-state index contributed by atoms with van der Waals surface area (Å²) in [4.78, 5) is 38.8. The highest BCUT2D eigenvalue weighted by Gasteiger charge is 2.35. The first kappa shape index (κ1) is 24.8. The van der Waals surface area contributed by atoms with Crippen LogP contribution in [-0.2, 0) is 14.3 Å². The summed E-state index contributed by atoms with van der Waals surface area (Å²) in [7, 11) is 0. The second kappa shape index (κ2) is 11.4. The molecule has 1 fully saturated rings. The van der Waals surface area contributed by atoms with E-state index in [1.807, 2.05) is 31.2 Å². The smallest absolute Gasteiger partial charge is 0.407 e. The number of amides is 2. The van der Waals surface area contributed by atoms with Crippen molar-refractivity contribution in [3.63, 3.8) is 0 Å². The van der Waals surface area contributed by atoms with Crippen LogP contribution in [0.25, 0.3) is 11.1 Å². The van der Waals surface area contributed by atoms with Crippen molar-refractivity contribution in [2.45, 2.75) is 57.4 Å². The zero-order chi connectivity index (χ0) is 24.8. The molecule has 0 radical (unpaired) electrons. The molecule has 4 rings (SSSR count). The van der Waals surface area contributed by atoms with Gasteiger partial charge in [0, 0.05) is 25.0 Å². The topological polar surface area (TPSA) is 95.9 Å². The van der Waals surface area contributed by atoms with E-state index in [9.17, 15) is 14.4 Å². The number of hydrogen-bond acceptors (Lipinski definition) is 4. The molecular weight excluding hydrogens is 444 g/mol. The molecule has 35 heavy (non-hydrogen) atoms. The molecule has 0 aliphatic heterocycles. The number of fused-ring (bicyclic) bond motifs is 3. The van der Waals surface area contributed by atoms with Crippen molar-refractivity contribution in [2.75, 3.05) is 19.7 Å². The maximum Gasteiger partial charge on any atom is 0.407 e. The molecule has 2 atom stereocenters. The minimum atomic E-state index is -0.921. The summed E-state index contributed by atoms with van der Waals surface area (Å²) in [6, 6.07) is 16.1. The first-order chi connectivity index (χ1) is 17.0. The van der Waals surface area contributed by atoms with Crippen molar-refractivity contribution in [1.82, 2.24) is 10.2 Å². The highest BCUT2D eigenvalue weighted by atomic mass is 16.5. The standard InChI is InChI=1S/C28H34N2O5/c1-2-16-30(17-15-26(31)32)27(33)23-13-7-8-14-25(23)29-28(34)35-18-24-21-11-5-3-9-19(21)20-10-4-6-12-22(20)24/h3-6,9-12,23-25H,2,7-8,13-18H2,1H3,(H,29,34)(H,31,32)/t23-,25+/m1/s1. The Kier molecular flexibility index (Phi) is 8.06. The molecule has 2 aromatic rings. The quantitative estimate of drug-likeness (QED) is 0.540. The molecule has 2 aliphatic carbocycles. The van der Waals surface area contributed by atoms with Gasteiger partial charge in [-0.2, -0.15) is 0 Å². The minimum absolute atomic E-state index is 0.0204. The van der Waals surface area contributed by atoms with Gasteiger partial charge in [0.15, 0.2) is 0 Å². The summed E-state index contributed by atoms with van der Waals surface area (Å²) in [5, 5.41) is 12.0. The van der Waals surface area contributed by atoms with Gasteiger partial charge in [0.2, 0.25) is 5.91 Å². The number of aliphatic carboxylic acids is 1. The molecule has 2 amide bonds. The molecular formula is C28H34N2O5. The van der Waals surface area contributed by atoms with E-state index >= 15 is 0 Å². The van der Waals surface area contributed by atoms with E-state index in [2.05, 4.69) is 29.6 Å². The van der Waals surface area contributed by atoms with Gasteiger partial charge in [-0.05, 0) is 41.5 Å². The van der Waals surface area contributed by atoms with Gasteiger partial charge in [-0.15, -0.1) is 0 Å². The molecule has 2 aliphatic rings. The lowest BCUT2D eigenvalue weighted by Gasteiger charge is -2.35. The largest absolute Gasteiger partial charge is 0.481 e. The third-order valence-electron chi connectivity index (χ3n) is 7.13. The molecule has 0 spiro atoms. The second-order valence-corrected chi connectivity index (χ2v) is 9.44. The van der Waals surface area contributed by atoms with Crippen LogP contribution in [0.4, 0.5) is 4.79 Å². The van der Waals surface area contributed by atoms with Crippen LogP contribution < -0.4 is 5.32 Å². The van der Waals surface area contributed by atoms with Crippen molar-refractivity contribution >= 4 is 18.0 Å². The van der Waals surface area contributed by atoms with Crippen molar-refractivity contribution in [3.8, 4) is 11.1 Å². The first-order valence-electron chi connectivity index (χ1n) is 12.6. The Hall–Kier alpha value is -3.35. The summed E-state index contributed by atoms with van der Waals surface area (Å²) in [6.45, 7) is 2.90. The Morgan fingerprint density at radius 3 is 2.23 bits per heavy atom. The second-order valence-electron chi connectivity index (χ2n) is 9.44. The van der Waals surface area contributed by atoms with Gasteiger partial charge < -0.3 is 20.1 Å². The number of alkyl carbamates (subject to hydrolysis) is 1. The number of carboxylic acids is 1. The first-order valence-corrected chi connectivity index (χ1v) is 12.6. The van der Waals surface area contributed by atoms with Crippen LogP contribution >= 0.6 is 0 Å². The van der Waals surface area contributed by atoms with E-state index < -0.39 is 12.1 Å². The van der Waals surface area contributed by atoms with E-state index in [-0.39, 0.29) is 43.4 Å². The van der Waals surface area contributed by atoms with E-state index in [1.54, 1.807) is 4.90 Å². The van der Waals surface area contributed by atoms with Gasteiger partial charge in [0.1, 0.15) is 6.61 Å². The SMILES string of the molecule is CCCN(CCC(=O)O)C(=O)[C@@H]1CCCC[C@@H]1NC(=O)OCC1c2ccccc2-c2ccccc21. The summed E-state index contributed by atoms with van der Waals surface area (Å²) in [5.74, 6) is -1.37. The van der Waals surface area contributed by atoms with Crippen molar-refractivity contribution in [2.24, 2.45) is 5.92 Å². The van der Waals surface area contributed by atoms with Gasteiger partial charge >= 0.3 is 12.1 Å². The molecule has 186 valence electrons. The monoisotopic (exact) mass is 478 g/mol. The van der Waals surface area contributed by atoms with Crippen LogP contribution in [0, 0.1) is 5.92 Å². The van der Waals surface area contributed by atoms with Crippen molar-refractivity contribution in [3.05, 3.63) is 59.7 Å². The molecule has 0 aromatic heterocycles. The Labute approximate surface area is 206 Å². The average Bonchev–Trinajstić information content (AvgIpc) is 3.19. The summed E-state index contributed by atoms with van der Waals surface area (Å²) in [5.41, 5.74) is 4.65. The highest BCUT2D eigenvalue weighted by Crippen LogP contribution is 2.44. The van der Waals surface area contributed by atoms with Crippen molar-refractivity contribution < 1.29 is 24.2 Å². The van der Waals surface area contributed by atoms with Gasteiger partial charge in [-0.3, -0.25) is 9.59 Å². The van der Waals surface area contributed by atoms with Crippen LogP contribution in [0.2, 0.25) is 0 Å². The van der Waals surface area contributed by atoms with Gasteiger partial charge in [-0.25, -0.2) is 4.79 Å². The molecule has 0 saturated heterocycles. The van der Waals surface area contributed by atoms with E-state index in [0.717, 1.165) is 30.4 Å². The number of benzene rings is 2. The molecule has 1 saturated carbocycles. The molecule has 2 aromatic carbocycles. The van der Waals surface area contributed by atoms with Crippen LogP contribution in [0.5, 0.6) is 0 Å². The van der Waals surface area contributed by atoms with E-state index in [0.29, 0.717) is 19.4 Å². The Bertz CT molecular complexity index is 1020. The van der Waals surface area contributed by atoms with E-state index in [4.69, 9.17) is 9.84 Å². The Morgan fingerprint density at radius 1 is 0.971 bits per heavy atom. The zero-order valence-corrected chi connectivity index (χ0v) is 20.2. The van der Waals surface area contributed by atoms with Gasteiger partial charge in [-0.1, -0.05) is 68.3 Å². The lowest BCUT2D eigenvalue weighted by Crippen LogP contribution is -2.50. The van der Waals surface area contributed by atoms with Crippen molar-refractivity contribution in [1.29, 1.82) is 0 Å². The summed E-state index contributed by atoms with van der Waals surface area (Å²) < 4.78 is 5.70. The number of carbonyl (C=O) groups excluding carboxylic acids is 2. The number of carboxylic acid groups (broad SMARTS) is 1. The maximum atomic E-state index is 13.3. The third kappa shape index (κ3) is 5.66. The summed E-state index contributed by atoms with van der Waals surface area (Å²) in [6.07, 6.45) is 3.40. The van der Waals surface area contributed by atoms with Crippen LogP contribution in [-0.4, -0.2) is 53.7 Å². The van der Waals surface area contributed by atoms with Gasteiger partial charge in [0.05, 0.1) is 12.3 Å². The lowest BCUT2D eigenvalue weighted by molar-refractivity contribution is -0.140. The average molecular weight is 479 g/mol. The summed E-state index contributed by atoms with van der Waals surface area (Å²) >= 11 is 0. The number of ether oxygens (including phenoxy) is 1.